The van der Waals surface area contributed by atoms with Gasteiger partial charge in [-0.15, -0.1) is 0 Å². The second-order valence-corrected chi connectivity index (χ2v) is 7.43. The van der Waals surface area contributed by atoms with Gasteiger partial charge in [-0.3, -0.25) is 14.7 Å². The van der Waals surface area contributed by atoms with Crippen LogP contribution in [-0.4, -0.2) is 46.6 Å². The number of aliphatic hydroxyl groups is 1. The number of aliphatic hydroxyl groups excluding tert-OH is 1. The van der Waals surface area contributed by atoms with Gasteiger partial charge in [0.2, 0.25) is 5.91 Å². The van der Waals surface area contributed by atoms with Crippen molar-refractivity contribution in [3.63, 3.8) is 0 Å². The summed E-state index contributed by atoms with van der Waals surface area (Å²) >= 11 is 0. The standard InChI is InChI=1S/C23H26N4O2/c28-16-17-5-1-2-7-20(17)25-18-10-13-27(14-11-18)15-23(29)26-22-9-3-8-21-19(22)6-4-12-24-21/h1-9,12,18,25,28H,10-11,13-16H2,(H,26,29). The van der Waals surface area contributed by atoms with Crippen molar-refractivity contribution in [3.05, 3.63) is 66.4 Å². The molecule has 0 aliphatic carbocycles. The molecule has 6 heteroatoms. The number of amides is 1. The van der Waals surface area contributed by atoms with Crippen LogP contribution in [0.1, 0.15) is 18.4 Å². The number of para-hydroxylation sites is 1. The van der Waals surface area contributed by atoms with Crippen LogP contribution in [0.2, 0.25) is 0 Å². The third kappa shape index (κ3) is 4.72. The highest BCUT2D eigenvalue weighted by Gasteiger charge is 2.21. The van der Waals surface area contributed by atoms with Crippen molar-refractivity contribution in [1.29, 1.82) is 0 Å². The second kappa shape index (κ2) is 9.03. The molecule has 0 atom stereocenters. The third-order valence-electron chi connectivity index (χ3n) is 5.42. The first kappa shape index (κ1) is 19.4. The van der Waals surface area contributed by atoms with E-state index in [1.807, 2.05) is 54.6 Å². The van der Waals surface area contributed by atoms with E-state index in [0.717, 1.165) is 53.8 Å². The van der Waals surface area contributed by atoms with Gasteiger partial charge in [0.25, 0.3) is 0 Å². The molecule has 6 nitrogen and oxygen atoms in total. The molecule has 3 N–H and O–H groups in total. The average molecular weight is 390 g/mol. The Labute approximate surface area is 170 Å². The number of piperidine rings is 1. The van der Waals surface area contributed by atoms with Gasteiger partial charge >= 0.3 is 0 Å². The lowest BCUT2D eigenvalue weighted by molar-refractivity contribution is -0.117. The lowest BCUT2D eigenvalue weighted by atomic mass is 10.0. The summed E-state index contributed by atoms with van der Waals surface area (Å²) in [4.78, 5) is 19.1. The Morgan fingerprint density at radius 2 is 1.83 bits per heavy atom. The van der Waals surface area contributed by atoms with Crippen molar-refractivity contribution in [2.75, 3.05) is 30.3 Å². The van der Waals surface area contributed by atoms with E-state index in [9.17, 15) is 9.90 Å². The highest BCUT2D eigenvalue weighted by Crippen LogP contribution is 2.22. The number of benzene rings is 2. The van der Waals surface area contributed by atoms with Gasteiger partial charge in [0.15, 0.2) is 0 Å². The van der Waals surface area contributed by atoms with Crippen molar-refractivity contribution >= 4 is 28.2 Å². The van der Waals surface area contributed by atoms with Crippen LogP contribution in [-0.2, 0) is 11.4 Å². The lowest BCUT2D eigenvalue weighted by Crippen LogP contribution is -2.42. The van der Waals surface area contributed by atoms with Crippen LogP contribution in [0.25, 0.3) is 10.9 Å². The minimum absolute atomic E-state index is 0.00149. The highest BCUT2D eigenvalue weighted by molar-refractivity contribution is 6.01. The molecule has 0 radical (unpaired) electrons. The molecular weight excluding hydrogens is 364 g/mol. The first-order valence-corrected chi connectivity index (χ1v) is 10.0. The van der Waals surface area contributed by atoms with Gasteiger partial charge < -0.3 is 15.7 Å². The topological polar surface area (TPSA) is 77.5 Å². The Morgan fingerprint density at radius 1 is 1.03 bits per heavy atom. The summed E-state index contributed by atoms with van der Waals surface area (Å²) in [5, 5.41) is 17.0. The zero-order valence-electron chi connectivity index (χ0n) is 16.3. The molecule has 2 aromatic carbocycles. The number of pyridine rings is 1. The van der Waals surface area contributed by atoms with Gasteiger partial charge in [-0.25, -0.2) is 0 Å². The number of anilines is 2. The monoisotopic (exact) mass is 390 g/mol. The summed E-state index contributed by atoms with van der Waals surface area (Å²) < 4.78 is 0. The van der Waals surface area contributed by atoms with E-state index in [-0.39, 0.29) is 12.5 Å². The van der Waals surface area contributed by atoms with E-state index in [2.05, 4.69) is 20.5 Å². The summed E-state index contributed by atoms with van der Waals surface area (Å²) in [5.74, 6) is -0.00149. The molecule has 1 saturated heterocycles. The molecule has 1 aliphatic rings. The molecule has 0 spiro atoms. The number of likely N-dealkylation sites (tertiary alicyclic amines) is 1. The Hall–Kier alpha value is -2.96. The van der Waals surface area contributed by atoms with E-state index < -0.39 is 0 Å². The lowest BCUT2D eigenvalue weighted by Gasteiger charge is -2.32. The molecule has 150 valence electrons. The number of rotatable bonds is 6. The number of hydrogen-bond donors (Lipinski definition) is 3. The molecule has 0 saturated carbocycles. The van der Waals surface area contributed by atoms with Crippen LogP contribution in [0.4, 0.5) is 11.4 Å². The number of carbonyl (C=O) groups excluding carboxylic acids is 1. The first-order valence-electron chi connectivity index (χ1n) is 10.0. The van der Waals surface area contributed by atoms with Gasteiger partial charge in [-0.2, -0.15) is 0 Å². The normalized spacial score (nSPS) is 15.3. The predicted octanol–water partition coefficient (Wildman–Crippen LogP) is 3.24. The highest BCUT2D eigenvalue weighted by atomic mass is 16.3. The molecule has 1 fully saturated rings. The van der Waals surface area contributed by atoms with E-state index in [0.29, 0.717) is 12.6 Å². The van der Waals surface area contributed by atoms with Crippen LogP contribution in [0.3, 0.4) is 0 Å². The van der Waals surface area contributed by atoms with Crippen LogP contribution in [0.15, 0.2) is 60.8 Å². The molecule has 4 rings (SSSR count). The van der Waals surface area contributed by atoms with Crippen LogP contribution < -0.4 is 10.6 Å². The maximum atomic E-state index is 12.6. The van der Waals surface area contributed by atoms with E-state index in [1.54, 1.807) is 6.20 Å². The van der Waals surface area contributed by atoms with Crippen LogP contribution in [0, 0.1) is 0 Å². The Balaban J connectivity index is 1.30. The molecule has 1 aliphatic heterocycles. The molecule has 29 heavy (non-hydrogen) atoms. The molecule has 2 heterocycles. The number of carbonyl (C=O) groups is 1. The zero-order valence-corrected chi connectivity index (χ0v) is 16.3. The SMILES string of the molecule is O=C(CN1CCC(Nc2ccccc2CO)CC1)Nc1cccc2ncccc12. The van der Waals surface area contributed by atoms with Crippen LogP contribution >= 0.6 is 0 Å². The number of hydrogen-bond acceptors (Lipinski definition) is 5. The first-order chi connectivity index (χ1) is 14.2. The van der Waals surface area contributed by atoms with Gasteiger partial charge in [0, 0.05) is 42.0 Å². The van der Waals surface area contributed by atoms with Crippen molar-refractivity contribution in [3.8, 4) is 0 Å². The van der Waals surface area contributed by atoms with Crippen molar-refractivity contribution in [2.45, 2.75) is 25.5 Å². The number of nitrogens with one attached hydrogen (secondary N) is 2. The fraction of sp³-hybridized carbons (Fsp3) is 0.304. The molecule has 3 aromatic rings. The third-order valence-corrected chi connectivity index (χ3v) is 5.42. The molecule has 0 unspecified atom stereocenters. The summed E-state index contributed by atoms with van der Waals surface area (Å²) in [6.07, 6.45) is 3.68. The fourth-order valence-corrected chi connectivity index (χ4v) is 3.86. The zero-order chi connectivity index (χ0) is 20.1. The minimum atomic E-state index is -0.00149. The van der Waals surface area contributed by atoms with Gasteiger partial charge in [-0.1, -0.05) is 24.3 Å². The quantitative estimate of drug-likeness (QED) is 0.602. The fourth-order valence-electron chi connectivity index (χ4n) is 3.86. The maximum Gasteiger partial charge on any atom is 0.238 e. The van der Waals surface area contributed by atoms with Crippen molar-refractivity contribution < 1.29 is 9.90 Å². The largest absolute Gasteiger partial charge is 0.392 e. The molecule has 1 aromatic heterocycles. The summed E-state index contributed by atoms with van der Waals surface area (Å²) in [7, 11) is 0. The Bertz CT molecular complexity index is 978. The molecule has 0 bridgehead atoms. The number of aromatic nitrogens is 1. The van der Waals surface area contributed by atoms with Crippen LogP contribution in [0.5, 0.6) is 0 Å². The Kier molecular flexibility index (Phi) is 6.03. The summed E-state index contributed by atoms with van der Waals surface area (Å²) in [6, 6.07) is 17.8. The minimum Gasteiger partial charge on any atom is -0.392 e. The summed E-state index contributed by atoms with van der Waals surface area (Å²) in [6.45, 7) is 2.15. The maximum absolute atomic E-state index is 12.6. The van der Waals surface area contributed by atoms with E-state index in [1.165, 1.54) is 0 Å². The van der Waals surface area contributed by atoms with Crippen molar-refractivity contribution in [1.82, 2.24) is 9.88 Å². The smallest absolute Gasteiger partial charge is 0.238 e. The second-order valence-electron chi connectivity index (χ2n) is 7.43. The van der Waals surface area contributed by atoms with E-state index >= 15 is 0 Å². The molecular formula is C23H26N4O2. The molecule has 1 amide bonds. The Morgan fingerprint density at radius 3 is 2.66 bits per heavy atom. The summed E-state index contributed by atoms with van der Waals surface area (Å²) in [5.41, 5.74) is 3.59. The van der Waals surface area contributed by atoms with Crippen molar-refractivity contribution in [2.24, 2.45) is 0 Å². The average Bonchev–Trinajstić information content (AvgIpc) is 2.76. The predicted molar refractivity (Wildman–Crippen MR) is 116 cm³/mol. The van der Waals surface area contributed by atoms with Gasteiger partial charge in [0.1, 0.15) is 0 Å². The van der Waals surface area contributed by atoms with E-state index in [4.69, 9.17) is 0 Å². The number of nitrogens with zero attached hydrogens (tertiary/aromatic N) is 2. The van der Waals surface area contributed by atoms with Gasteiger partial charge in [0.05, 0.1) is 24.4 Å². The number of fused-ring (bicyclic) bond motifs is 1. The van der Waals surface area contributed by atoms with Gasteiger partial charge in [-0.05, 0) is 43.2 Å².